The molecule has 2 aliphatic heterocycles. The van der Waals surface area contributed by atoms with E-state index in [9.17, 15) is 14.7 Å². The van der Waals surface area contributed by atoms with Crippen molar-refractivity contribution in [1.82, 2.24) is 15.2 Å². The van der Waals surface area contributed by atoms with Crippen molar-refractivity contribution in [2.75, 3.05) is 31.6 Å². The monoisotopic (exact) mass is 444 g/mol. The second kappa shape index (κ2) is 8.48. The molecule has 2 N–H and O–H groups in total. The average Bonchev–Trinajstić information content (AvgIpc) is 3.07. The van der Waals surface area contributed by atoms with Gasteiger partial charge in [-0.15, -0.1) is 0 Å². The van der Waals surface area contributed by atoms with Crippen LogP contribution in [0.5, 0.6) is 0 Å². The van der Waals surface area contributed by atoms with Crippen LogP contribution in [-0.4, -0.2) is 53.7 Å². The van der Waals surface area contributed by atoms with Gasteiger partial charge in [-0.25, -0.2) is 4.79 Å². The van der Waals surface area contributed by atoms with Gasteiger partial charge in [-0.1, -0.05) is 42.5 Å². The van der Waals surface area contributed by atoms with Gasteiger partial charge in [-0.3, -0.25) is 9.78 Å². The molecular weight excluding hydrogens is 416 g/mol. The molecule has 3 heterocycles. The second-order valence-corrected chi connectivity index (χ2v) is 8.85. The van der Waals surface area contributed by atoms with Crippen molar-refractivity contribution < 1.29 is 14.7 Å². The number of aliphatic hydroxyl groups is 1. The number of aliphatic hydroxyl groups excluding tert-OH is 1. The van der Waals surface area contributed by atoms with Gasteiger partial charge < -0.3 is 20.2 Å². The van der Waals surface area contributed by atoms with Crippen molar-refractivity contribution in [3.63, 3.8) is 0 Å². The number of likely N-dealkylation sites (tertiary alicyclic amines) is 1. The summed E-state index contributed by atoms with van der Waals surface area (Å²) in [5.41, 5.74) is 3.22. The van der Waals surface area contributed by atoms with Crippen molar-refractivity contribution in [3.05, 3.63) is 71.5 Å². The number of carbonyl (C=O) groups excluding carboxylic acids is 2. The van der Waals surface area contributed by atoms with Crippen molar-refractivity contribution in [2.24, 2.45) is 0 Å². The number of nitrogens with zero attached hydrogens (tertiary/aromatic N) is 3. The first-order chi connectivity index (χ1) is 16.1. The fraction of sp³-hybridized carbons (Fsp3) is 0.346. The van der Waals surface area contributed by atoms with Crippen molar-refractivity contribution in [3.8, 4) is 0 Å². The maximum atomic E-state index is 13.8. The zero-order valence-corrected chi connectivity index (χ0v) is 18.8. The Hall–Kier alpha value is -3.45. The SMILES string of the molecule is CNC(=O)N1CC2(C1)C(=O)N(Cc1ncc3ccccc3c1CCCCO)c1ccccc12. The summed E-state index contributed by atoms with van der Waals surface area (Å²) in [6, 6.07) is 15.9. The number of carbonyl (C=O) groups is 2. The van der Waals surface area contributed by atoms with Crippen LogP contribution in [0.25, 0.3) is 10.8 Å². The van der Waals surface area contributed by atoms with Crippen molar-refractivity contribution in [1.29, 1.82) is 0 Å². The maximum Gasteiger partial charge on any atom is 0.317 e. The predicted octanol–water partition coefficient (Wildman–Crippen LogP) is 2.99. The van der Waals surface area contributed by atoms with E-state index in [1.807, 2.05) is 47.5 Å². The first-order valence-corrected chi connectivity index (χ1v) is 11.4. The third kappa shape index (κ3) is 3.43. The van der Waals surface area contributed by atoms with Gasteiger partial charge in [0.05, 0.1) is 12.2 Å². The smallest absolute Gasteiger partial charge is 0.317 e. The lowest BCUT2D eigenvalue weighted by Gasteiger charge is -2.46. The van der Waals surface area contributed by atoms with E-state index < -0.39 is 5.41 Å². The molecule has 1 fully saturated rings. The number of pyridine rings is 1. The molecule has 0 bridgehead atoms. The fourth-order valence-corrected chi connectivity index (χ4v) is 5.21. The maximum absolute atomic E-state index is 13.8. The van der Waals surface area contributed by atoms with Gasteiger partial charge in [-0.2, -0.15) is 0 Å². The molecule has 7 nitrogen and oxygen atoms in total. The number of unbranched alkanes of at least 4 members (excludes halogenated alkanes) is 1. The minimum absolute atomic E-state index is 0.0279. The average molecular weight is 445 g/mol. The zero-order chi connectivity index (χ0) is 23.0. The molecule has 170 valence electrons. The number of amides is 3. The van der Waals surface area contributed by atoms with Crippen molar-refractivity contribution >= 4 is 28.4 Å². The number of para-hydroxylation sites is 1. The molecule has 1 aromatic heterocycles. The lowest BCUT2D eigenvalue weighted by molar-refractivity contribution is -0.127. The van der Waals surface area contributed by atoms with Gasteiger partial charge in [0.25, 0.3) is 0 Å². The summed E-state index contributed by atoms with van der Waals surface area (Å²) in [7, 11) is 1.60. The summed E-state index contributed by atoms with van der Waals surface area (Å²) in [5.74, 6) is 0.0279. The molecule has 5 rings (SSSR count). The molecule has 3 amide bonds. The number of aryl methyl sites for hydroxylation is 1. The third-order valence-electron chi connectivity index (χ3n) is 6.92. The van der Waals surface area contributed by atoms with E-state index in [1.54, 1.807) is 11.9 Å². The Kier molecular flexibility index (Phi) is 5.50. The Bertz CT molecular complexity index is 1220. The van der Waals surface area contributed by atoms with Crippen LogP contribution in [-0.2, 0) is 23.2 Å². The number of hydrogen-bond acceptors (Lipinski definition) is 4. The van der Waals surface area contributed by atoms with Gasteiger partial charge >= 0.3 is 6.03 Å². The standard InChI is InChI=1S/C26H28N4O3/c1-27-25(33)29-16-26(17-29)21-11-4-5-12-23(21)30(24(26)32)15-22-20(10-6-7-13-31)19-9-3-2-8-18(19)14-28-22/h2-5,8-9,11-12,14,31H,6-7,10,13,15-17H2,1H3,(H,27,33). The van der Waals surface area contributed by atoms with E-state index in [-0.39, 0.29) is 18.5 Å². The molecule has 0 atom stereocenters. The molecular formula is C26H28N4O3. The van der Waals surface area contributed by atoms with Gasteiger partial charge in [-0.05, 0) is 41.8 Å². The van der Waals surface area contributed by atoms with Crippen LogP contribution >= 0.6 is 0 Å². The molecule has 0 unspecified atom stereocenters. The summed E-state index contributed by atoms with van der Waals surface area (Å²) in [6.45, 7) is 1.31. The molecule has 0 saturated carbocycles. The fourth-order valence-electron chi connectivity index (χ4n) is 5.21. The normalized spacial score (nSPS) is 16.2. The molecule has 7 heteroatoms. The molecule has 33 heavy (non-hydrogen) atoms. The topological polar surface area (TPSA) is 85.8 Å². The highest BCUT2D eigenvalue weighted by atomic mass is 16.3. The number of anilines is 1. The highest BCUT2D eigenvalue weighted by molar-refractivity contribution is 6.10. The highest BCUT2D eigenvalue weighted by Crippen LogP contribution is 2.48. The Morgan fingerprint density at radius 1 is 1.12 bits per heavy atom. The van der Waals surface area contributed by atoms with E-state index in [1.165, 1.54) is 0 Å². The summed E-state index contributed by atoms with van der Waals surface area (Å²) < 4.78 is 0. The number of fused-ring (bicyclic) bond motifs is 3. The summed E-state index contributed by atoms with van der Waals surface area (Å²) in [6.07, 6.45) is 4.25. The Balaban J connectivity index is 1.50. The van der Waals surface area contributed by atoms with Crippen LogP contribution in [0, 0.1) is 0 Å². The molecule has 3 aromatic rings. The molecule has 2 aromatic carbocycles. The van der Waals surface area contributed by atoms with E-state index in [0.717, 1.165) is 52.5 Å². The largest absolute Gasteiger partial charge is 0.396 e. The van der Waals surface area contributed by atoms with Gasteiger partial charge in [0, 0.05) is 44.0 Å². The lowest BCUT2D eigenvalue weighted by atomic mass is 9.75. The molecule has 1 saturated heterocycles. The van der Waals surface area contributed by atoms with E-state index >= 15 is 0 Å². The van der Waals surface area contributed by atoms with Gasteiger partial charge in [0.1, 0.15) is 5.41 Å². The van der Waals surface area contributed by atoms with Crippen LogP contribution in [0.15, 0.2) is 54.7 Å². The Labute approximate surface area is 193 Å². The highest BCUT2D eigenvalue weighted by Gasteiger charge is 2.59. The summed E-state index contributed by atoms with van der Waals surface area (Å²) >= 11 is 0. The van der Waals surface area contributed by atoms with Crippen LogP contribution in [0.4, 0.5) is 10.5 Å². The third-order valence-corrected chi connectivity index (χ3v) is 6.92. The van der Waals surface area contributed by atoms with Crippen molar-refractivity contribution in [2.45, 2.75) is 31.2 Å². The van der Waals surface area contributed by atoms with E-state index in [4.69, 9.17) is 4.98 Å². The summed E-state index contributed by atoms with van der Waals surface area (Å²) in [4.78, 5) is 34.1. The minimum Gasteiger partial charge on any atom is -0.396 e. The first kappa shape index (κ1) is 21.4. The number of rotatable bonds is 6. The zero-order valence-electron chi connectivity index (χ0n) is 18.8. The molecule has 1 spiro atoms. The lowest BCUT2D eigenvalue weighted by Crippen LogP contribution is -2.66. The second-order valence-electron chi connectivity index (χ2n) is 8.85. The Morgan fingerprint density at radius 2 is 1.88 bits per heavy atom. The Morgan fingerprint density at radius 3 is 2.67 bits per heavy atom. The number of urea groups is 1. The van der Waals surface area contributed by atoms with E-state index in [0.29, 0.717) is 19.6 Å². The van der Waals surface area contributed by atoms with E-state index in [2.05, 4.69) is 17.4 Å². The minimum atomic E-state index is -0.684. The molecule has 0 radical (unpaired) electrons. The van der Waals surface area contributed by atoms with Crippen LogP contribution in [0.2, 0.25) is 0 Å². The summed E-state index contributed by atoms with van der Waals surface area (Å²) in [5, 5.41) is 14.1. The number of nitrogens with one attached hydrogen (secondary N) is 1. The molecule has 2 aliphatic rings. The van der Waals surface area contributed by atoms with Gasteiger partial charge in [0.2, 0.25) is 5.91 Å². The van der Waals surface area contributed by atoms with Crippen LogP contribution in [0.3, 0.4) is 0 Å². The number of benzene rings is 2. The van der Waals surface area contributed by atoms with Crippen LogP contribution in [0.1, 0.15) is 29.7 Å². The molecule has 0 aliphatic carbocycles. The quantitative estimate of drug-likeness (QED) is 0.573. The predicted molar refractivity (Wildman–Crippen MR) is 127 cm³/mol. The van der Waals surface area contributed by atoms with Gasteiger partial charge in [0.15, 0.2) is 0 Å². The number of hydrogen-bond donors (Lipinski definition) is 2. The first-order valence-electron chi connectivity index (χ1n) is 11.4. The van der Waals surface area contributed by atoms with Crippen LogP contribution < -0.4 is 10.2 Å². The number of aromatic nitrogens is 1.